The molecule has 0 amide bonds. The van der Waals surface area contributed by atoms with Gasteiger partial charge in [0.2, 0.25) is 0 Å². The Balaban J connectivity index is 1.05. The van der Waals surface area contributed by atoms with Crippen LogP contribution in [0.5, 0.6) is 0 Å². The summed E-state index contributed by atoms with van der Waals surface area (Å²) in [4.78, 5) is 11.1. The largest absolute Gasteiger partial charge is 0.309 e. The average molecular weight is 897 g/mol. The molecule has 13 aromatic rings. The second kappa shape index (κ2) is 16.8. The third-order valence-corrected chi connectivity index (χ3v) is 18.7. The molecule has 0 radical (unpaired) electrons. The lowest BCUT2D eigenvalue weighted by atomic mass is 10.0. The predicted molar refractivity (Wildman–Crippen MR) is 291 cm³/mol. The van der Waals surface area contributed by atoms with Gasteiger partial charge >= 0.3 is 0 Å². The summed E-state index contributed by atoms with van der Waals surface area (Å²) in [5.74, 6) is 1.47. The van der Waals surface area contributed by atoms with Crippen LogP contribution in [0.3, 0.4) is 0 Å². The van der Waals surface area contributed by atoms with Crippen molar-refractivity contribution in [3.63, 3.8) is 0 Å². The van der Waals surface area contributed by atoms with Gasteiger partial charge in [-0.2, -0.15) is 0 Å². The molecule has 3 heterocycles. The van der Waals surface area contributed by atoms with Gasteiger partial charge < -0.3 is 4.57 Å². The minimum absolute atomic E-state index is 0.666. The van der Waals surface area contributed by atoms with Gasteiger partial charge in [0, 0.05) is 44.4 Å². The molecule has 0 aliphatic carbocycles. The molecule has 13 rings (SSSR count). The molecule has 0 saturated carbocycles. The monoisotopic (exact) mass is 896 g/mol. The molecule has 0 N–H and O–H groups in total. The Morgan fingerprint density at radius 2 is 0.725 bits per heavy atom. The van der Waals surface area contributed by atoms with Crippen LogP contribution in [-0.2, 0) is 0 Å². The van der Waals surface area contributed by atoms with Gasteiger partial charge in [0.25, 0.3) is 0 Å². The maximum atomic E-state index is 5.61. The number of hydrogen-bond acceptors (Lipinski definition) is 2. The van der Waals surface area contributed by atoms with Gasteiger partial charge in [-0.15, -0.1) is 0 Å². The molecule has 3 aromatic heterocycles. The Morgan fingerprint density at radius 3 is 1.33 bits per heavy atom. The third kappa shape index (κ3) is 6.74. The quantitative estimate of drug-likeness (QED) is 0.107. The summed E-state index contributed by atoms with van der Waals surface area (Å²) < 4.78 is 4.73. The first-order valence-electron chi connectivity index (χ1n) is 23.6. The van der Waals surface area contributed by atoms with E-state index in [1.807, 2.05) is 0 Å². The first kappa shape index (κ1) is 40.4. The summed E-state index contributed by atoms with van der Waals surface area (Å²) in [6.07, 6.45) is 0. The number of nitrogens with zero attached hydrogens (tertiary/aromatic N) is 4. The van der Waals surface area contributed by atoms with Crippen molar-refractivity contribution < 1.29 is 0 Å². The van der Waals surface area contributed by atoms with Gasteiger partial charge in [0.05, 0.1) is 27.8 Å². The zero-order valence-corrected chi connectivity index (χ0v) is 38.7. The van der Waals surface area contributed by atoms with E-state index >= 15 is 0 Å². The van der Waals surface area contributed by atoms with Crippen LogP contribution in [0.2, 0.25) is 0 Å². The van der Waals surface area contributed by atoms with E-state index in [2.05, 4.69) is 276 Å². The summed E-state index contributed by atoms with van der Waals surface area (Å²) in [5.41, 5.74) is 10.8. The van der Waals surface area contributed by atoms with Gasteiger partial charge in [-0.1, -0.05) is 218 Å². The highest BCUT2D eigenvalue weighted by atomic mass is 28.3. The van der Waals surface area contributed by atoms with Crippen LogP contribution in [0.4, 0.5) is 0 Å². The van der Waals surface area contributed by atoms with Crippen molar-refractivity contribution in [3.8, 4) is 45.3 Å². The molecule has 5 heteroatoms. The van der Waals surface area contributed by atoms with Crippen LogP contribution >= 0.6 is 0 Å². The Hall–Kier alpha value is -8.90. The molecule has 0 saturated heterocycles. The first-order valence-corrected chi connectivity index (χ1v) is 25.6. The highest BCUT2D eigenvalue weighted by Crippen LogP contribution is 2.38. The van der Waals surface area contributed by atoms with E-state index in [-0.39, 0.29) is 0 Å². The number of para-hydroxylation sites is 3. The normalized spacial score (nSPS) is 11.8. The van der Waals surface area contributed by atoms with Crippen LogP contribution in [-0.4, -0.2) is 27.2 Å². The maximum Gasteiger partial charge on any atom is 0.179 e. The summed E-state index contributed by atoms with van der Waals surface area (Å²) in [5, 5.41) is 10.0. The molecule has 0 bridgehead atoms. The molecule has 0 atom stereocenters. The highest BCUT2D eigenvalue weighted by Gasteiger charge is 2.41. The summed E-state index contributed by atoms with van der Waals surface area (Å²) >= 11 is 0. The zero-order valence-electron chi connectivity index (χ0n) is 37.7. The number of hydrogen-bond donors (Lipinski definition) is 0. The van der Waals surface area contributed by atoms with Crippen molar-refractivity contribution in [2.24, 2.45) is 0 Å². The SMILES string of the molecule is c1ccc(-c2cccc(-c3cc(-n4c5ccccc5c5cc(-n6c7ccccc7c7ccccc76)ccc54)nc(-c4cccc([Si](c5ccccc5)(c5ccccc5)c5ccccc5)c4)n3)c2)cc1. The van der Waals surface area contributed by atoms with E-state index in [1.165, 1.54) is 42.6 Å². The molecule has 69 heavy (non-hydrogen) atoms. The summed E-state index contributed by atoms with van der Waals surface area (Å²) in [6, 6.07) is 96.8. The van der Waals surface area contributed by atoms with Crippen molar-refractivity contribution >= 4 is 72.4 Å². The van der Waals surface area contributed by atoms with Crippen molar-refractivity contribution in [1.29, 1.82) is 0 Å². The zero-order chi connectivity index (χ0) is 45.7. The number of rotatable bonds is 9. The standard InChI is InChI=1S/C64H44N4Si/c1-5-21-45(22-6-1)46-23-19-24-47(41-46)58-44-63(68-61-38-18-15-35-56(61)57-43-49(39-40-62(57)68)67-59-36-16-13-33-54(59)55-34-14-17-37-60(55)67)66-64(65-58)48-25-20-32-53(42-48)69(50-26-7-2-8-27-50,51-28-9-3-10-29-51)52-30-11-4-12-31-52/h1-44H. The number of aromatic nitrogens is 4. The smallest absolute Gasteiger partial charge is 0.179 e. The second-order valence-electron chi connectivity index (χ2n) is 17.7. The maximum absolute atomic E-state index is 5.61. The molecule has 324 valence electrons. The van der Waals surface area contributed by atoms with Crippen LogP contribution in [0.25, 0.3) is 88.9 Å². The molecule has 0 aliphatic heterocycles. The molecule has 0 spiro atoms. The van der Waals surface area contributed by atoms with Crippen molar-refractivity contribution in [3.05, 3.63) is 267 Å². The fourth-order valence-corrected chi connectivity index (χ4v) is 15.6. The van der Waals surface area contributed by atoms with Crippen molar-refractivity contribution in [2.45, 2.75) is 0 Å². The lowest BCUT2D eigenvalue weighted by molar-refractivity contribution is 1.05. The minimum atomic E-state index is -2.85. The van der Waals surface area contributed by atoms with Gasteiger partial charge in [0.15, 0.2) is 13.9 Å². The van der Waals surface area contributed by atoms with E-state index in [9.17, 15) is 0 Å². The van der Waals surface area contributed by atoms with Crippen molar-refractivity contribution in [1.82, 2.24) is 19.1 Å². The van der Waals surface area contributed by atoms with Gasteiger partial charge in [-0.3, -0.25) is 4.57 Å². The molecule has 4 nitrogen and oxygen atoms in total. The highest BCUT2D eigenvalue weighted by molar-refractivity contribution is 7.19. The van der Waals surface area contributed by atoms with E-state index in [1.54, 1.807) is 0 Å². The Kier molecular flexibility index (Phi) is 9.81. The molecular weight excluding hydrogens is 853 g/mol. The summed E-state index contributed by atoms with van der Waals surface area (Å²) in [7, 11) is -2.85. The summed E-state index contributed by atoms with van der Waals surface area (Å²) in [6.45, 7) is 0. The van der Waals surface area contributed by atoms with Gasteiger partial charge in [-0.25, -0.2) is 9.97 Å². The Labute approximate surface area is 401 Å². The fourth-order valence-electron chi connectivity index (χ4n) is 10.8. The molecule has 0 aliphatic rings. The Bertz CT molecular complexity index is 3860. The third-order valence-electron chi connectivity index (χ3n) is 13.9. The van der Waals surface area contributed by atoms with Crippen LogP contribution in [0.1, 0.15) is 0 Å². The Morgan fingerprint density at radius 1 is 0.275 bits per heavy atom. The first-order chi connectivity index (χ1) is 34.2. The number of benzene rings is 10. The van der Waals surface area contributed by atoms with Gasteiger partial charge in [-0.05, 0) is 74.3 Å². The predicted octanol–water partition coefficient (Wildman–Crippen LogP) is 13.0. The van der Waals surface area contributed by atoms with Gasteiger partial charge in [0.1, 0.15) is 5.82 Å². The van der Waals surface area contributed by atoms with E-state index in [4.69, 9.17) is 9.97 Å². The fraction of sp³-hybridized carbons (Fsp3) is 0. The van der Waals surface area contributed by atoms with Crippen LogP contribution < -0.4 is 20.7 Å². The second-order valence-corrected chi connectivity index (χ2v) is 21.5. The number of fused-ring (bicyclic) bond motifs is 6. The molecular formula is C64H44N4Si. The minimum Gasteiger partial charge on any atom is -0.309 e. The molecule has 0 fully saturated rings. The van der Waals surface area contributed by atoms with Crippen molar-refractivity contribution in [2.75, 3.05) is 0 Å². The van der Waals surface area contributed by atoms with E-state index < -0.39 is 8.07 Å². The topological polar surface area (TPSA) is 35.6 Å². The average Bonchev–Trinajstić information content (AvgIpc) is 3.95. The van der Waals surface area contributed by atoms with Crippen LogP contribution in [0, 0.1) is 0 Å². The molecule has 0 unspecified atom stereocenters. The molecule has 10 aromatic carbocycles. The lowest BCUT2D eigenvalue weighted by Gasteiger charge is -2.34. The van der Waals surface area contributed by atoms with E-state index in [0.717, 1.165) is 61.3 Å². The van der Waals surface area contributed by atoms with Crippen LogP contribution in [0.15, 0.2) is 267 Å². The lowest BCUT2D eigenvalue weighted by Crippen LogP contribution is -2.74. The van der Waals surface area contributed by atoms with E-state index in [0.29, 0.717) is 5.82 Å².